The molecule has 156 valence electrons. The Morgan fingerprint density at radius 3 is 2.52 bits per heavy atom. The minimum absolute atomic E-state index is 0.0668. The average molecular weight is 410 g/mol. The number of aromatic nitrogens is 2. The summed E-state index contributed by atoms with van der Waals surface area (Å²) in [5, 5.41) is 4.05. The maximum Gasteiger partial charge on any atom is 0.220 e. The van der Waals surface area contributed by atoms with Gasteiger partial charge in [-0.25, -0.2) is 9.97 Å². The third kappa shape index (κ3) is 5.34. The van der Waals surface area contributed by atoms with Crippen LogP contribution in [0.15, 0.2) is 72.9 Å². The molecule has 0 fully saturated rings. The van der Waals surface area contributed by atoms with Gasteiger partial charge in [0.2, 0.25) is 5.91 Å². The zero-order valence-electron chi connectivity index (χ0n) is 18.1. The Labute approximate surface area is 183 Å². The van der Waals surface area contributed by atoms with Gasteiger partial charge in [0, 0.05) is 30.2 Å². The lowest BCUT2D eigenvalue weighted by molar-refractivity contribution is -0.121. The number of hydrogen-bond acceptors (Lipinski definition) is 3. The van der Waals surface area contributed by atoms with Crippen LogP contribution in [0.3, 0.4) is 0 Å². The molecule has 0 bridgehead atoms. The van der Waals surface area contributed by atoms with Crippen LogP contribution in [0.4, 0.5) is 0 Å². The number of fused-ring (bicyclic) bond motifs is 1. The molecule has 1 N–H and O–H groups in total. The van der Waals surface area contributed by atoms with Gasteiger partial charge in [-0.2, -0.15) is 0 Å². The second kappa shape index (κ2) is 9.52. The Bertz CT molecular complexity index is 1200. The predicted octanol–water partition coefficient (Wildman–Crippen LogP) is 5.55. The molecule has 1 amide bonds. The number of hydrogen-bond donors (Lipinski definition) is 1. The number of nitrogens with one attached hydrogen (secondary N) is 1. The van der Waals surface area contributed by atoms with E-state index in [0.29, 0.717) is 13.0 Å². The molecule has 0 aliphatic carbocycles. The molecule has 4 aromatic rings. The van der Waals surface area contributed by atoms with Crippen LogP contribution in [0.2, 0.25) is 0 Å². The summed E-state index contributed by atoms with van der Waals surface area (Å²) in [6.07, 6.45) is 3.77. The molecule has 0 atom stereocenters. The average Bonchev–Trinajstić information content (AvgIpc) is 2.80. The monoisotopic (exact) mass is 409 g/mol. The highest BCUT2D eigenvalue weighted by molar-refractivity contribution is 5.76. The molecule has 2 aromatic heterocycles. The molecular weight excluding hydrogens is 382 g/mol. The van der Waals surface area contributed by atoms with Crippen molar-refractivity contribution >= 4 is 16.9 Å². The van der Waals surface area contributed by atoms with Crippen molar-refractivity contribution < 1.29 is 4.79 Å². The molecule has 0 aliphatic heterocycles. The van der Waals surface area contributed by atoms with Gasteiger partial charge in [-0.15, -0.1) is 0 Å². The van der Waals surface area contributed by atoms with Gasteiger partial charge in [0.15, 0.2) is 5.65 Å². The first-order chi connectivity index (χ1) is 15.1. The van der Waals surface area contributed by atoms with E-state index in [1.54, 1.807) is 6.20 Å². The zero-order chi connectivity index (χ0) is 21.6. The molecule has 0 radical (unpaired) electrons. The van der Waals surface area contributed by atoms with Crippen LogP contribution in [-0.2, 0) is 17.8 Å². The molecule has 0 spiro atoms. The first kappa shape index (κ1) is 20.7. The Morgan fingerprint density at radius 1 is 0.903 bits per heavy atom. The highest BCUT2D eigenvalue weighted by atomic mass is 16.1. The Balaban J connectivity index is 1.25. The quantitative estimate of drug-likeness (QED) is 0.435. The summed E-state index contributed by atoms with van der Waals surface area (Å²) in [6, 6.07) is 22.9. The maximum absolute atomic E-state index is 12.2. The van der Waals surface area contributed by atoms with Crippen molar-refractivity contribution in [3.8, 4) is 11.1 Å². The zero-order valence-corrected chi connectivity index (χ0v) is 18.1. The molecule has 0 unspecified atom stereocenters. The van der Waals surface area contributed by atoms with Crippen LogP contribution in [0, 0.1) is 13.8 Å². The smallest absolute Gasteiger partial charge is 0.220 e. The van der Waals surface area contributed by atoms with Gasteiger partial charge in [0.25, 0.3) is 0 Å². The van der Waals surface area contributed by atoms with Crippen molar-refractivity contribution in [3.05, 3.63) is 95.3 Å². The largest absolute Gasteiger partial charge is 0.352 e. The Morgan fingerprint density at radius 2 is 1.71 bits per heavy atom. The first-order valence-corrected chi connectivity index (χ1v) is 10.7. The Kier molecular flexibility index (Phi) is 6.37. The van der Waals surface area contributed by atoms with Crippen molar-refractivity contribution in [2.45, 2.75) is 39.7 Å². The van der Waals surface area contributed by atoms with Crippen molar-refractivity contribution in [2.75, 3.05) is 0 Å². The number of aryl methyl sites for hydroxylation is 3. The van der Waals surface area contributed by atoms with Crippen molar-refractivity contribution in [3.63, 3.8) is 0 Å². The molecule has 4 heteroatoms. The Hall–Kier alpha value is -3.53. The fraction of sp³-hybridized carbons (Fsp3) is 0.222. The van der Waals surface area contributed by atoms with Crippen molar-refractivity contribution in [1.29, 1.82) is 0 Å². The van der Waals surface area contributed by atoms with E-state index in [2.05, 4.69) is 71.6 Å². The second-order valence-corrected chi connectivity index (χ2v) is 7.98. The van der Waals surface area contributed by atoms with Crippen molar-refractivity contribution in [2.24, 2.45) is 0 Å². The van der Waals surface area contributed by atoms with Crippen LogP contribution in [0.5, 0.6) is 0 Å². The lowest BCUT2D eigenvalue weighted by atomic mass is 9.99. The number of carbonyl (C=O) groups is 1. The minimum Gasteiger partial charge on any atom is -0.352 e. The third-order valence-electron chi connectivity index (χ3n) is 5.64. The molecule has 4 nitrogen and oxygen atoms in total. The summed E-state index contributed by atoms with van der Waals surface area (Å²) >= 11 is 0. The minimum atomic E-state index is 0.0668. The summed E-state index contributed by atoms with van der Waals surface area (Å²) in [5.74, 6) is 0.0668. The summed E-state index contributed by atoms with van der Waals surface area (Å²) in [4.78, 5) is 21.1. The number of pyridine rings is 2. The van der Waals surface area contributed by atoms with Gasteiger partial charge in [0.1, 0.15) is 0 Å². The molecule has 0 aliphatic rings. The standard InChI is InChI=1S/C27H27N3O/c1-19-8-11-24(17-20(19)2)22-12-9-21(10-13-22)18-29-26(31)7-3-6-25-15-14-23-5-4-16-28-27(23)30-25/h4-5,8-17H,3,6-7,18H2,1-2H3,(H,29,31). The number of nitrogens with zero attached hydrogens (tertiary/aromatic N) is 2. The highest BCUT2D eigenvalue weighted by Crippen LogP contribution is 2.22. The van der Waals surface area contributed by atoms with Gasteiger partial charge < -0.3 is 5.32 Å². The van der Waals surface area contributed by atoms with E-state index in [4.69, 9.17) is 0 Å². The second-order valence-electron chi connectivity index (χ2n) is 7.98. The first-order valence-electron chi connectivity index (χ1n) is 10.7. The van der Waals surface area contributed by atoms with E-state index in [1.807, 2.05) is 24.3 Å². The van der Waals surface area contributed by atoms with Crippen LogP contribution in [-0.4, -0.2) is 15.9 Å². The molecule has 0 saturated heterocycles. The number of carbonyl (C=O) groups excluding carboxylic acids is 1. The van der Waals surface area contributed by atoms with E-state index in [-0.39, 0.29) is 5.91 Å². The lowest BCUT2D eigenvalue weighted by Gasteiger charge is -2.08. The molecule has 4 rings (SSSR count). The summed E-state index contributed by atoms with van der Waals surface area (Å²) < 4.78 is 0. The summed E-state index contributed by atoms with van der Waals surface area (Å²) in [5.41, 5.74) is 7.84. The van der Waals surface area contributed by atoms with Crippen LogP contribution >= 0.6 is 0 Å². The van der Waals surface area contributed by atoms with Gasteiger partial charge in [0.05, 0.1) is 0 Å². The van der Waals surface area contributed by atoms with Gasteiger partial charge >= 0.3 is 0 Å². The van der Waals surface area contributed by atoms with E-state index in [0.717, 1.165) is 35.1 Å². The molecular formula is C27H27N3O. The predicted molar refractivity (Wildman–Crippen MR) is 126 cm³/mol. The third-order valence-corrected chi connectivity index (χ3v) is 5.64. The summed E-state index contributed by atoms with van der Waals surface area (Å²) in [7, 11) is 0. The number of benzene rings is 2. The van der Waals surface area contributed by atoms with Crippen LogP contribution < -0.4 is 5.32 Å². The highest BCUT2D eigenvalue weighted by Gasteiger charge is 2.05. The number of amides is 1. The molecule has 0 saturated carbocycles. The fourth-order valence-electron chi connectivity index (χ4n) is 3.59. The van der Waals surface area contributed by atoms with E-state index >= 15 is 0 Å². The maximum atomic E-state index is 12.2. The van der Waals surface area contributed by atoms with Crippen LogP contribution in [0.1, 0.15) is 35.2 Å². The summed E-state index contributed by atoms with van der Waals surface area (Å²) in [6.45, 7) is 4.81. The number of rotatable bonds is 7. The van der Waals surface area contributed by atoms with Crippen LogP contribution in [0.25, 0.3) is 22.2 Å². The van der Waals surface area contributed by atoms with E-state index in [1.165, 1.54) is 22.3 Å². The van der Waals surface area contributed by atoms with Gasteiger partial charge in [-0.05, 0) is 78.8 Å². The SMILES string of the molecule is Cc1ccc(-c2ccc(CNC(=O)CCCc3ccc4cccnc4n3)cc2)cc1C. The van der Waals surface area contributed by atoms with Gasteiger partial charge in [-0.1, -0.05) is 42.5 Å². The van der Waals surface area contributed by atoms with Gasteiger partial charge in [-0.3, -0.25) is 4.79 Å². The molecule has 2 heterocycles. The normalized spacial score (nSPS) is 10.9. The molecule has 31 heavy (non-hydrogen) atoms. The van der Waals surface area contributed by atoms with Crippen molar-refractivity contribution in [1.82, 2.24) is 15.3 Å². The molecule has 2 aromatic carbocycles. The van der Waals surface area contributed by atoms with E-state index < -0.39 is 0 Å². The fourth-order valence-corrected chi connectivity index (χ4v) is 3.59. The van der Waals surface area contributed by atoms with E-state index in [9.17, 15) is 4.79 Å². The lowest BCUT2D eigenvalue weighted by Crippen LogP contribution is -2.22. The topological polar surface area (TPSA) is 54.9 Å².